The lowest BCUT2D eigenvalue weighted by Gasteiger charge is -2.34. The van der Waals surface area contributed by atoms with Crippen molar-refractivity contribution in [3.8, 4) is 0 Å². The summed E-state index contributed by atoms with van der Waals surface area (Å²) in [5, 5.41) is 0. The van der Waals surface area contributed by atoms with Crippen molar-refractivity contribution in [2.45, 2.75) is 51.8 Å². The molecule has 1 atom stereocenters. The number of hydrogen-bond acceptors (Lipinski definition) is 4. The molecule has 0 heterocycles. The van der Waals surface area contributed by atoms with E-state index in [4.69, 9.17) is 13.6 Å². The third kappa shape index (κ3) is 4.55. The molecule has 0 aliphatic heterocycles. The zero-order chi connectivity index (χ0) is 14.2. The van der Waals surface area contributed by atoms with E-state index in [2.05, 4.69) is 20.4 Å². The van der Waals surface area contributed by atoms with Crippen LogP contribution >= 0.6 is 0 Å². The van der Waals surface area contributed by atoms with Crippen LogP contribution in [0.5, 0.6) is 0 Å². The number of hydrogen-bond donors (Lipinski definition) is 0. The lowest BCUT2D eigenvalue weighted by molar-refractivity contribution is -0.142. The number of carbonyl (C=O) groups excluding carboxylic acids is 1. The monoisotopic (exact) mass is 274 g/mol. The van der Waals surface area contributed by atoms with Gasteiger partial charge in [-0.2, -0.15) is 0 Å². The van der Waals surface area contributed by atoms with Crippen LogP contribution in [0, 0.1) is 0 Å². The molecule has 5 heteroatoms. The van der Waals surface area contributed by atoms with Gasteiger partial charge in [0, 0.05) is 19.8 Å². The number of esters is 1. The van der Waals surface area contributed by atoms with Crippen molar-refractivity contribution < 1.29 is 18.4 Å². The summed E-state index contributed by atoms with van der Waals surface area (Å²) >= 11 is 0. The second kappa shape index (κ2) is 8.45. The number of rotatable bonds is 9. The minimum Gasteiger partial charge on any atom is -0.457 e. The van der Waals surface area contributed by atoms with E-state index >= 15 is 0 Å². The van der Waals surface area contributed by atoms with Gasteiger partial charge in [-0.05, 0) is 19.4 Å². The molecular formula is C13H26O4Si. The first-order valence-electron chi connectivity index (χ1n) is 6.44. The lowest BCUT2D eigenvalue weighted by atomic mass is 10.3. The van der Waals surface area contributed by atoms with Crippen molar-refractivity contribution in [2.75, 3.05) is 14.2 Å². The SMILES string of the molecule is C=C(C)C(=O)OC(CCC)[Si](CCC)(OC)OC. The maximum absolute atomic E-state index is 11.7. The van der Waals surface area contributed by atoms with Crippen LogP contribution in [0.4, 0.5) is 0 Å². The van der Waals surface area contributed by atoms with Crippen LogP contribution in [0.25, 0.3) is 0 Å². The van der Waals surface area contributed by atoms with Crippen LogP contribution < -0.4 is 0 Å². The Balaban J connectivity index is 5.01. The van der Waals surface area contributed by atoms with Gasteiger partial charge in [-0.25, -0.2) is 4.79 Å². The Morgan fingerprint density at radius 2 is 1.78 bits per heavy atom. The Kier molecular flexibility index (Phi) is 8.14. The standard InChI is InChI=1S/C13H26O4Si/c1-7-9-12(17-13(14)11(3)4)18(15-5,16-6)10-8-2/h12H,3,7-10H2,1-2,4-6H3. The molecule has 18 heavy (non-hydrogen) atoms. The molecule has 0 fully saturated rings. The van der Waals surface area contributed by atoms with Crippen LogP contribution in [0.3, 0.4) is 0 Å². The molecule has 0 aromatic heterocycles. The molecule has 0 radical (unpaired) electrons. The zero-order valence-electron chi connectivity index (χ0n) is 12.2. The van der Waals surface area contributed by atoms with Crippen molar-refractivity contribution in [3.63, 3.8) is 0 Å². The van der Waals surface area contributed by atoms with Gasteiger partial charge >= 0.3 is 14.5 Å². The van der Waals surface area contributed by atoms with Gasteiger partial charge in [-0.1, -0.05) is 33.3 Å². The van der Waals surface area contributed by atoms with Gasteiger partial charge in [-0.3, -0.25) is 0 Å². The van der Waals surface area contributed by atoms with Crippen molar-refractivity contribution in [2.24, 2.45) is 0 Å². The molecule has 0 aromatic rings. The third-order valence-electron chi connectivity index (χ3n) is 2.93. The first-order chi connectivity index (χ1) is 8.47. The van der Waals surface area contributed by atoms with E-state index in [0.29, 0.717) is 5.57 Å². The van der Waals surface area contributed by atoms with Crippen LogP contribution in [0.1, 0.15) is 40.0 Å². The second-order valence-electron chi connectivity index (χ2n) is 4.43. The van der Waals surface area contributed by atoms with E-state index < -0.39 is 8.56 Å². The van der Waals surface area contributed by atoms with Crippen LogP contribution in [-0.2, 0) is 18.4 Å². The topological polar surface area (TPSA) is 44.8 Å². The molecular weight excluding hydrogens is 248 g/mol. The van der Waals surface area contributed by atoms with E-state index in [0.717, 1.165) is 25.3 Å². The van der Waals surface area contributed by atoms with Gasteiger partial charge in [-0.15, -0.1) is 0 Å². The highest BCUT2D eigenvalue weighted by molar-refractivity contribution is 6.68. The largest absolute Gasteiger partial charge is 0.457 e. The van der Waals surface area contributed by atoms with E-state index in [1.165, 1.54) is 0 Å². The molecule has 0 saturated heterocycles. The summed E-state index contributed by atoms with van der Waals surface area (Å²) in [6.07, 6.45) is 2.62. The summed E-state index contributed by atoms with van der Waals surface area (Å²) < 4.78 is 16.8. The molecule has 0 aliphatic rings. The van der Waals surface area contributed by atoms with E-state index in [1.807, 2.05) is 0 Å². The Morgan fingerprint density at radius 1 is 1.22 bits per heavy atom. The van der Waals surface area contributed by atoms with Crippen LogP contribution in [0.15, 0.2) is 12.2 Å². The van der Waals surface area contributed by atoms with Crippen LogP contribution in [0.2, 0.25) is 6.04 Å². The van der Waals surface area contributed by atoms with E-state index in [9.17, 15) is 4.79 Å². The Labute approximate surface area is 112 Å². The predicted octanol–water partition coefficient (Wildman–Crippen LogP) is 2.96. The fourth-order valence-electron chi connectivity index (χ4n) is 1.92. The molecule has 0 N–H and O–H groups in total. The predicted molar refractivity (Wildman–Crippen MR) is 74.5 cm³/mol. The molecule has 0 amide bonds. The average molecular weight is 274 g/mol. The van der Waals surface area contributed by atoms with Crippen LogP contribution in [-0.4, -0.2) is 34.5 Å². The zero-order valence-corrected chi connectivity index (χ0v) is 13.2. The van der Waals surface area contributed by atoms with Crippen molar-refractivity contribution >= 4 is 14.5 Å². The molecule has 4 nitrogen and oxygen atoms in total. The lowest BCUT2D eigenvalue weighted by Crippen LogP contribution is -2.54. The molecule has 0 spiro atoms. The molecule has 106 valence electrons. The van der Waals surface area contributed by atoms with Gasteiger partial charge in [0.05, 0.1) is 0 Å². The smallest absolute Gasteiger partial charge is 0.379 e. The Bertz CT molecular complexity index is 274. The van der Waals surface area contributed by atoms with Gasteiger partial charge in [0.25, 0.3) is 0 Å². The molecule has 1 unspecified atom stereocenters. The summed E-state index contributed by atoms with van der Waals surface area (Å²) in [5.41, 5.74) is 0.129. The van der Waals surface area contributed by atoms with E-state index in [1.54, 1.807) is 21.1 Å². The fourth-order valence-corrected chi connectivity index (χ4v) is 5.06. The first kappa shape index (κ1) is 17.3. The minimum absolute atomic E-state index is 0.276. The summed E-state index contributed by atoms with van der Waals surface area (Å²) in [4.78, 5) is 11.7. The highest BCUT2D eigenvalue weighted by atomic mass is 28.4. The summed E-state index contributed by atoms with van der Waals surface area (Å²) in [6.45, 7) is 9.38. The molecule has 0 aromatic carbocycles. The van der Waals surface area contributed by atoms with Crippen molar-refractivity contribution in [1.82, 2.24) is 0 Å². The second-order valence-corrected chi connectivity index (χ2v) is 8.02. The van der Waals surface area contributed by atoms with Crippen molar-refractivity contribution in [1.29, 1.82) is 0 Å². The van der Waals surface area contributed by atoms with Crippen molar-refractivity contribution in [3.05, 3.63) is 12.2 Å². The summed E-state index contributed by atoms with van der Waals surface area (Å²) in [6, 6.07) is 0.814. The van der Waals surface area contributed by atoms with Gasteiger partial charge in [0.15, 0.2) is 0 Å². The summed E-state index contributed by atoms with van der Waals surface area (Å²) in [5.74, 6) is -0.365. The number of carbonyl (C=O) groups is 1. The minimum atomic E-state index is -2.49. The maximum Gasteiger partial charge on any atom is 0.379 e. The molecule has 0 rings (SSSR count). The summed E-state index contributed by atoms with van der Waals surface area (Å²) in [7, 11) is 0.796. The molecule has 0 aliphatic carbocycles. The molecule has 0 saturated carbocycles. The molecule has 0 bridgehead atoms. The normalized spacial score (nSPS) is 13.2. The van der Waals surface area contributed by atoms with Gasteiger partial charge in [0.1, 0.15) is 5.73 Å². The van der Waals surface area contributed by atoms with Gasteiger partial charge in [0.2, 0.25) is 0 Å². The maximum atomic E-state index is 11.7. The number of ether oxygens (including phenoxy) is 1. The van der Waals surface area contributed by atoms with Gasteiger partial charge < -0.3 is 13.6 Å². The highest BCUT2D eigenvalue weighted by Gasteiger charge is 2.46. The fraction of sp³-hybridized carbons (Fsp3) is 0.769. The highest BCUT2D eigenvalue weighted by Crippen LogP contribution is 2.25. The Morgan fingerprint density at radius 3 is 2.11 bits per heavy atom. The van der Waals surface area contributed by atoms with E-state index in [-0.39, 0.29) is 11.7 Å². The first-order valence-corrected chi connectivity index (χ1v) is 8.54. The quantitative estimate of drug-likeness (QED) is 0.368. The Hall–Kier alpha value is -0.653. The average Bonchev–Trinajstić information content (AvgIpc) is 2.35. The third-order valence-corrected chi connectivity index (χ3v) is 6.90.